The van der Waals surface area contributed by atoms with Crippen LogP contribution in [0.3, 0.4) is 0 Å². The summed E-state index contributed by atoms with van der Waals surface area (Å²) in [6, 6.07) is 3.42. The number of primary amides is 1. The van der Waals surface area contributed by atoms with Crippen molar-refractivity contribution in [2.45, 2.75) is 0 Å². The molecule has 0 aliphatic carbocycles. The Kier molecular flexibility index (Phi) is 4.62. The number of phenols is 3. The van der Waals surface area contributed by atoms with Gasteiger partial charge in [0.2, 0.25) is 5.91 Å². The second kappa shape index (κ2) is 5.47. The number of carbonyl (C=O) groups excluding carboxylic acids is 1. The minimum atomic E-state index is -0.481. The minimum absolute atomic E-state index is 0.146. The van der Waals surface area contributed by atoms with Crippen molar-refractivity contribution in [2.75, 3.05) is 0 Å². The molecule has 14 heavy (non-hydrogen) atoms. The van der Waals surface area contributed by atoms with Crippen LogP contribution in [-0.4, -0.2) is 21.2 Å². The van der Waals surface area contributed by atoms with E-state index in [1.807, 2.05) is 0 Å². The number of hydrogen-bond donors (Lipinski definition) is 4. The van der Waals surface area contributed by atoms with E-state index < -0.39 is 5.91 Å². The summed E-state index contributed by atoms with van der Waals surface area (Å²) in [6.07, 6.45) is 1.06. The molecular weight excluding hydrogens is 186 g/mol. The van der Waals surface area contributed by atoms with E-state index in [9.17, 15) is 4.79 Å². The van der Waals surface area contributed by atoms with Crippen molar-refractivity contribution in [1.82, 2.24) is 0 Å². The molecule has 0 unspecified atom stereocenters. The topological polar surface area (TPSA) is 104 Å². The maximum absolute atomic E-state index is 9.47. The van der Waals surface area contributed by atoms with Gasteiger partial charge in [-0.05, 0) is 6.08 Å². The molecule has 0 aliphatic rings. The first kappa shape index (κ1) is 11.8. The van der Waals surface area contributed by atoms with Gasteiger partial charge in [0.1, 0.15) is 17.2 Å². The van der Waals surface area contributed by atoms with Gasteiger partial charge in [0.25, 0.3) is 0 Å². The Morgan fingerprint density at radius 2 is 1.36 bits per heavy atom. The smallest absolute Gasteiger partial charge is 0.240 e. The number of amides is 1. The van der Waals surface area contributed by atoms with Crippen LogP contribution in [0.15, 0.2) is 30.9 Å². The highest BCUT2D eigenvalue weighted by Gasteiger charge is 1.94. The molecule has 1 rings (SSSR count). The van der Waals surface area contributed by atoms with Crippen LogP contribution >= 0.6 is 0 Å². The van der Waals surface area contributed by atoms with E-state index in [-0.39, 0.29) is 17.2 Å². The van der Waals surface area contributed by atoms with Crippen LogP contribution in [-0.2, 0) is 4.79 Å². The molecule has 0 aromatic heterocycles. The van der Waals surface area contributed by atoms with Gasteiger partial charge in [-0.25, -0.2) is 0 Å². The first-order valence-corrected chi connectivity index (χ1v) is 3.59. The number of benzene rings is 1. The number of nitrogens with two attached hydrogens (primary N) is 1. The highest BCUT2D eigenvalue weighted by molar-refractivity contribution is 5.84. The van der Waals surface area contributed by atoms with Gasteiger partial charge in [-0.3, -0.25) is 4.79 Å². The van der Waals surface area contributed by atoms with Gasteiger partial charge < -0.3 is 21.1 Å². The van der Waals surface area contributed by atoms with E-state index in [2.05, 4.69) is 12.3 Å². The molecule has 5 N–H and O–H groups in total. The average molecular weight is 197 g/mol. The fourth-order valence-electron chi connectivity index (χ4n) is 0.580. The first-order valence-electron chi connectivity index (χ1n) is 3.59. The van der Waals surface area contributed by atoms with Crippen LogP contribution in [0.5, 0.6) is 17.2 Å². The van der Waals surface area contributed by atoms with Crippen molar-refractivity contribution < 1.29 is 20.1 Å². The highest BCUT2D eigenvalue weighted by Crippen LogP contribution is 2.23. The predicted molar refractivity (Wildman–Crippen MR) is 50.8 cm³/mol. The molecule has 0 atom stereocenters. The highest BCUT2D eigenvalue weighted by atomic mass is 16.3. The Labute approximate surface area is 80.7 Å². The molecule has 1 aromatic rings. The van der Waals surface area contributed by atoms with Crippen LogP contribution in [0.2, 0.25) is 0 Å². The third kappa shape index (κ3) is 5.48. The van der Waals surface area contributed by atoms with E-state index in [4.69, 9.17) is 15.3 Å². The van der Waals surface area contributed by atoms with Gasteiger partial charge in [0, 0.05) is 18.2 Å². The zero-order chi connectivity index (χ0) is 11.1. The quantitative estimate of drug-likeness (QED) is 0.491. The molecule has 0 bridgehead atoms. The first-order chi connectivity index (χ1) is 6.45. The zero-order valence-corrected chi connectivity index (χ0v) is 7.34. The third-order valence-electron chi connectivity index (χ3n) is 1.09. The van der Waals surface area contributed by atoms with Crippen molar-refractivity contribution in [3.63, 3.8) is 0 Å². The summed E-state index contributed by atoms with van der Waals surface area (Å²) in [7, 11) is 0. The van der Waals surface area contributed by atoms with Gasteiger partial charge in [-0.15, -0.1) is 0 Å². The summed E-state index contributed by atoms with van der Waals surface area (Å²) in [5.41, 5.74) is 4.53. The second-order valence-corrected chi connectivity index (χ2v) is 2.31. The molecule has 76 valence electrons. The molecule has 0 saturated carbocycles. The summed E-state index contributed by atoms with van der Waals surface area (Å²) >= 11 is 0. The predicted octanol–water partition coefficient (Wildman–Crippen LogP) is 0.461. The van der Waals surface area contributed by atoms with Gasteiger partial charge >= 0.3 is 0 Å². The van der Waals surface area contributed by atoms with Crippen molar-refractivity contribution in [1.29, 1.82) is 0 Å². The Morgan fingerprint density at radius 1 is 1.14 bits per heavy atom. The van der Waals surface area contributed by atoms with Gasteiger partial charge in [0.15, 0.2) is 0 Å². The number of rotatable bonds is 1. The van der Waals surface area contributed by atoms with Crippen LogP contribution in [0.1, 0.15) is 0 Å². The van der Waals surface area contributed by atoms with Crippen molar-refractivity contribution in [3.05, 3.63) is 30.9 Å². The van der Waals surface area contributed by atoms with E-state index in [1.54, 1.807) is 0 Å². The lowest BCUT2D eigenvalue weighted by Gasteiger charge is -1.94. The molecule has 0 saturated heterocycles. The molecule has 1 amide bonds. The molecule has 0 heterocycles. The summed E-state index contributed by atoms with van der Waals surface area (Å²) < 4.78 is 0. The van der Waals surface area contributed by atoms with Crippen molar-refractivity contribution in [2.24, 2.45) is 5.73 Å². The van der Waals surface area contributed by atoms with E-state index in [1.165, 1.54) is 0 Å². The van der Waals surface area contributed by atoms with E-state index >= 15 is 0 Å². The fourth-order valence-corrected chi connectivity index (χ4v) is 0.580. The Bertz CT molecular complexity index is 285. The lowest BCUT2D eigenvalue weighted by molar-refractivity contribution is -0.113. The lowest BCUT2D eigenvalue weighted by atomic mass is 10.3. The van der Waals surface area contributed by atoms with Crippen molar-refractivity contribution in [3.8, 4) is 17.2 Å². The Hall–Kier alpha value is -2.17. The lowest BCUT2D eigenvalue weighted by Crippen LogP contribution is -2.04. The van der Waals surface area contributed by atoms with Gasteiger partial charge in [-0.2, -0.15) is 0 Å². The van der Waals surface area contributed by atoms with E-state index in [0.29, 0.717) is 0 Å². The SMILES string of the molecule is C=CC(N)=O.Oc1cc(O)cc(O)c1. The maximum Gasteiger partial charge on any atom is 0.240 e. The second-order valence-electron chi connectivity index (χ2n) is 2.31. The van der Waals surface area contributed by atoms with Crippen LogP contribution in [0.4, 0.5) is 0 Å². The largest absolute Gasteiger partial charge is 0.508 e. The molecule has 0 aliphatic heterocycles. The maximum atomic E-state index is 9.47. The molecule has 0 fully saturated rings. The molecule has 0 radical (unpaired) electrons. The van der Waals surface area contributed by atoms with Crippen LogP contribution in [0, 0.1) is 0 Å². The summed E-state index contributed by atoms with van der Waals surface area (Å²) in [5, 5.41) is 26.0. The molecule has 5 nitrogen and oxygen atoms in total. The van der Waals surface area contributed by atoms with Gasteiger partial charge in [0.05, 0.1) is 0 Å². The number of phenolic OH excluding ortho intramolecular Hbond substituents is 3. The number of carbonyl (C=O) groups is 1. The monoisotopic (exact) mass is 197 g/mol. The molecule has 0 spiro atoms. The standard InChI is InChI=1S/C6H6O3.C3H5NO/c7-4-1-5(8)3-6(9)2-4;1-2-3(4)5/h1-3,7-9H;2H,1H2,(H2,4,5). The van der Waals surface area contributed by atoms with Crippen molar-refractivity contribution >= 4 is 5.91 Å². The summed E-state index contributed by atoms with van der Waals surface area (Å²) in [4.78, 5) is 9.47. The molecule has 1 aromatic carbocycles. The fraction of sp³-hybridized carbons (Fsp3) is 0. The normalized spacial score (nSPS) is 8.29. The Balaban J connectivity index is 0.000000292. The zero-order valence-electron chi connectivity index (χ0n) is 7.34. The molecular formula is C9H11NO4. The number of aromatic hydroxyl groups is 3. The van der Waals surface area contributed by atoms with E-state index in [0.717, 1.165) is 24.3 Å². The summed E-state index contributed by atoms with van der Waals surface area (Å²) in [5.74, 6) is -0.919. The third-order valence-corrected chi connectivity index (χ3v) is 1.09. The average Bonchev–Trinajstić information content (AvgIpc) is 2.02. The summed E-state index contributed by atoms with van der Waals surface area (Å²) in [6.45, 7) is 3.09. The Morgan fingerprint density at radius 3 is 1.50 bits per heavy atom. The van der Waals surface area contributed by atoms with Crippen LogP contribution in [0.25, 0.3) is 0 Å². The van der Waals surface area contributed by atoms with Crippen LogP contribution < -0.4 is 5.73 Å². The number of hydrogen-bond acceptors (Lipinski definition) is 4. The molecule has 5 heteroatoms. The minimum Gasteiger partial charge on any atom is -0.508 e. The van der Waals surface area contributed by atoms with Gasteiger partial charge in [-0.1, -0.05) is 6.58 Å².